The molecule has 10 heteroatoms. The lowest BCUT2D eigenvalue weighted by Gasteiger charge is -2.12. The molecule has 0 atom stereocenters. The van der Waals surface area contributed by atoms with Crippen molar-refractivity contribution in [2.24, 2.45) is 5.10 Å². The summed E-state index contributed by atoms with van der Waals surface area (Å²) in [6, 6.07) is 2.88. The quantitative estimate of drug-likeness (QED) is 0.0883. The van der Waals surface area contributed by atoms with E-state index in [9.17, 15) is 23.3 Å². The van der Waals surface area contributed by atoms with Gasteiger partial charge in [-0.05, 0) is 25.0 Å². The largest absolute Gasteiger partial charge is 0.296 e. The van der Waals surface area contributed by atoms with E-state index in [0.29, 0.717) is 12.1 Å². The minimum Gasteiger partial charge on any atom is -0.282 e. The molecular formula is C26H41N3O6S. The highest BCUT2D eigenvalue weighted by atomic mass is 32.2. The van der Waals surface area contributed by atoms with E-state index in [2.05, 4.69) is 12.0 Å². The number of amides is 1. The van der Waals surface area contributed by atoms with Gasteiger partial charge in [0.05, 0.1) is 11.3 Å². The predicted octanol–water partition coefficient (Wildman–Crippen LogP) is 7.20. The Morgan fingerprint density at radius 2 is 1.42 bits per heavy atom. The Hall–Kier alpha value is -2.33. The number of nitrogens with zero attached hydrogens (tertiary/aromatic N) is 3. The molecule has 9 nitrogen and oxygen atoms in total. The van der Waals surface area contributed by atoms with Crippen molar-refractivity contribution in [2.45, 2.75) is 121 Å². The average Bonchev–Trinajstić information content (AvgIpc) is 3.20. The number of hydrogen-bond donors (Lipinski definition) is 1. The minimum absolute atomic E-state index is 0.0931. The Kier molecular flexibility index (Phi) is 13.0. The molecule has 0 saturated carbocycles. The summed E-state index contributed by atoms with van der Waals surface area (Å²) < 4.78 is 31.8. The van der Waals surface area contributed by atoms with Gasteiger partial charge in [-0.3, -0.25) is 19.5 Å². The molecule has 0 spiro atoms. The summed E-state index contributed by atoms with van der Waals surface area (Å²) in [6.45, 7) is 2.25. The van der Waals surface area contributed by atoms with Crippen LogP contribution in [0.5, 0.6) is 0 Å². The van der Waals surface area contributed by atoms with Crippen LogP contribution in [0.1, 0.15) is 116 Å². The summed E-state index contributed by atoms with van der Waals surface area (Å²) in [6.07, 6.45) is 19.8. The Balaban J connectivity index is 1.65. The Labute approximate surface area is 215 Å². The van der Waals surface area contributed by atoms with Gasteiger partial charge in [0.25, 0.3) is 21.7 Å². The van der Waals surface area contributed by atoms with Gasteiger partial charge in [-0.25, -0.2) is 0 Å². The lowest BCUT2D eigenvalue weighted by atomic mass is 10.0. The topological polar surface area (TPSA) is 130 Å². The fraction of sp³-hybridized carbons (Fsp3) is 0.692. The van der Waals surface area contributed by atoms with Gasteiger partial charge in [0.2, 0.25) is 0 Å². The van der Waals surface area contributed by atoms with Crippen LogP contribution in [-0.4, -0.2) is 29.5 Å². The Morgan fingerprint density at radius 1 is 0.917 bits per heavy atom. The van der Waals surface area contributed by atoms with Crippen LogP contribution in [0.4, 0.5) is 11.4 Å². The number of hydrogen-bond acceptors (Lipinski definition) is 6. The van der Waals surface area contributed by atoms with Gasteiger partial charge in [0.15, 0.2) is 0 Å². The van der Waals surface area contributed by atoms with Crippen molar-refractivity contribution in [2.75, 3.05) is 5.01 Å². The van der Waals surface area contributed by atoms with Gasteiger partial charge in [0.1, 0.15) is 10.6 Å². The van der Waals surface area contributed by atoms with E-state index in [1.807, 2.05) is 0 Å². The molecule has 1 aromatic carbocycles. The molecule has 0 saturated heterocycles. The van der Waals surface area contributed by atoms with Crippen LogP contribution >= 0.6 is 0 Å². The van der Waals surface area contributed by atoms with Crippen molar-refractivity contribution in [3.05, 3.63) is 28.3 Å². The monoisotopic (exact) mass is 523 g/mol. The fourth-order valence-electron chi connectivity index (χ4n) is 4.50. The lowest BCUT2D eigenvalue weighted by molar-refractivity contribution is -0.384. The molecule has 0 bridgehead atoms. The van der Waals surface area contributed by atoms with Gasteiger partial charge in [-0.2, -0.15) is 18.5 Å². The summed E-state index contributed by atoms with van der Waals surface area (Å²) in [5.41, 5.74) is -0.0396. The molecule has 0 aliphatic carbocycles. The van der Waals surface area contributed by atoms with E-state index in [1.165, 1.54) is 77.0 Å². The molecule has 36 heavy (non-hydrogen) atoms. The van der Waals surface area contributed by atoms with E-state index < -0.39 is 31.5 Å². The van der Waals surface area contributed by atoms with E-state index >= 15 is 0 Å². The first-order chi connectivity index (χ1) is 17.2. The number of hydrazone groups is 1. The van der Waals surface area contributed by atoms with Crippen molar-refractivity contribution in [3.8, 4) is 0 Å². The maximum Gasteiger partial charge on any atom is 0.296 e. The molecule has 0 unspecified atom stereocenters. The predicted molar refractivity (Wildman–Crippen MR) is 142 cm³/mol. The summed E-state index contributed by atoms with van der Waals surface area (Å²) in [4.78, 5) is 22.4. The molecule has 0 radical (unpaired) electrons. The molecule has 1 aromatic rings. The van der Waals surface area contributed by atoms with Crippen molar-refractivity contribution in [1.29, 1.82) is 0 Å². The van der Waals surface area contributed by atoms with Crippen LogP contribution in [0, 0.1) is 10.1 Å². The summed E-state index contributed by atoms with van der Waals surface area (Å²) in [5, 5.41) is 16.6. The highest BCUT2D eigenvalue weighted by Crippen LogP contribution is 2.33. The highest BCUT2D eigenvalue weighted by molar-refractivity contribution is 7.85. The number of unbranched alkanes of at least 4 members (excludes halogenated alkanes) is 14. The van der Waals surface area contributed by atoms with Crippen LogP contribution in [0.3, 0.4) is 0 Å². The van der Waals surface area contributed by atoms with Crippen molar-refractivity contribution in [3.63, 3.8) is 0 Å². The second-order valence-electron chi connectivity index (χ2n) is 9.63. The summed E-state index contributed by atoms with van der Waals surface area (Å²) >= 11 is 0. The van der Waals surface area contributed by atoms with Crippen molar-refractivity contribution in [1.82, 2.24) is 0 Å². The zero-order valence-corrected chi connectivity index (χ0v) is 22.3. The van der Waals surface area contributed by atoms with Gasteiger partial charge in [0, 0.05) is 11.8 Å². The summed E-state index contributed by atoms with van der Waals surface area (Å²) in [7, 11) is -4.60. The summed E-state index contributed by atoms with van der Waals surface area (Å²) in [5.74, 6) is -0.395. The molecule has 2 rings (SSSR count). The Bertz CT molecular complexity index is 993. The molecule has 202 valence electrons. The van der Waals surface area contributed by atoms with Crippen LogP contribution in [0.25, 0.3) is 0 Å². The van der Waals surface area contributed by atoms with Crippen LogP contribution in [0.2, 0.25) is 0 Å². The molecule has 1 N–H and O–H groups in total. The van der Waals surface area contributed by atoms with Crippen molar-refractivity contribution < 1.29 is 22.7 Å². The molecule has 1 aliphatic heterocycles. The van der Waals surface area contributed by atoms with Gasteiger partial charge < -0.3 is 0 Å². The molecule has 0 fully saturated rings. The third kappa shape index (κ3) is 10.3. The number of rotatable bonds is 19. The number of carbonyl (C=O) groups is 1. The van der Waals surface area contributed by atoms with Gasteiger partial charge in [-0.1, -0.05) is 96.8 Å². The molecule has 0 aromatic heterocycles. The second kappa shape index (κ2) is 15.7. The first-order valence-corrected chi connectivity index (χ1v) is 14.8. The fourth-order valence-corrected chi connectivity index (χ4v) is 5.00. The zero-order chi connectivity index (χ0) is 26.4. The van der Waals surface area contributed by atoms with E-state index in [0.717, 1.165) is 42.5 Å². The van der Waals surface area contributed by atoms with E-state index in [1.54, 1.807) is 0 Å². The molecule has 1 heterocycles. The number of nitro benzene ring substituents is 1. The van der Waals surface area contributed by atoms with Crippen LogP contribution in [-0.2, 0) is 14.9 Å². The molecule has 1 aliphatic rings. The third-order valence-electron chi connectivity index (χ3n) is 6.57. The van der Waals surface area contributed by atoms with E-state index in [-0.39, 0.29) is 12.1 Å². The highest BCUT2D eigenvalue weighted by Gasteiger charge is 2.31. The standard InChI is InChI=1S/C26H41N3O6S/c1-2-3-4-5-6-7-8-9-10-11-12-13-14-15-16-17-22-20-26(30)28(27-22)24-19-18-23(36(33,34)35)21-25(24)29(31)32/h18-19,21H,2-17,20H2,1H3,(H,33,34,35). The number of carbonyl (C=O) groups excluding carboxylic acids is 1. The smallest absolute Gasteiger partial charge is 0.282 e. The first kappa shape index (κ1) is 29.9. The number of nitro groups is 1. The van der Waals surface area contributed by atoms with Gasteiger partial charge in [-0.15, -0.1) is 0 Å². The van der Waals surface area contributed by atoms with Gasteiger partial charge >= 0.3 is 0 Å². The van der Waals surface area contributed by atoms with Crippen LogP contribution in [0.15, 0.2) is 28.2 Å². The van der Waals surface area contributed by atoms with E-state index in [4.69, 9.17) is 4.55 Å². The molecule has 1 amide bonds. The normalized spacial score (nSPS) is 13.9. The minimum atomic E-state index is -4.60. The number of anilines is 1. The zero-order valence-electron chi connectivity index (χ0n) is 21.5. The maximum absolute atomic E-state index is 12.4. The third-order valence-corrected chi connectivity index (χ3v) is 7.42. The van der Waals surface area contributed by atoms with Crippen LogP contribution < -0.4 is 5.01 Å². The lowest BCUT2D eigenvalue weighted by Crippen LogP contribution is -2.20. The SMILES string of the molecule is CCCCCCCCCCCCCCCCCC1=NN(c2ccc(S(=O)(=O)O)cc2[N+](=O)[O-])C(=O)C1. The van der Waals surface area contributed by atoms with Crippen molar-refractivity contribution >= 4 is 33.1 Å². The maximum atomic E-state index is 12.4. The first-order valence-electron chi connectivity index (χ1n) is 13.4. The molecular weight excluding hydrogens is 482 g/mol. The number of benzene rings is 1. The Morgan fingerprint density at radius 3 is 1.89 bits per heavy atom. The average molecular weight is 524 g/mol. The second-order valence-corrected chi connectivity index (χ2v) is 11.1.